The molecule has 1 heterocycles. The van der Waals surface area contributed by atoms with Gasteiger partial charge in [-0.1, -0.05) is 41.9 Å². The topological polar surface area (TPSA) is 97.7 Å². The minimum absolute atomic E-state index is 0. The highest BCUT2D eigenvalue weighted by Crippen LogP contribution is 2.37. The summed E-state index contributed by atoms with van der Waals surface area (Å²) in [6, 6.07) is 13.8. The van der Waals surface area contributed by atoms with Gasteiger partial charge in [-0.3, -0.25) is 4.79 Å². The van der Waals surface area contributed by atoms with Crippen molar-refractivity contribution in [3.63, 3.8) is 0 Å². The number of halogens is 1. The van der Waals surface area contributed by atoms with Gasteiger partial charge in [0.25, 0.3) is 0 Å². The Bertz CT molecular complexity index is 731. The standard InChI is InChI=1S/C15H10ClNO2S.H2O/c16-10-6-7-12-11(8-10)14(18)15(20(12)19)13(17)9-4-2-1-3-5-9;/h1-8H,17H2;1H2/b15-13+;. The van der Waals surface area contributed by atoms with Crippen LogP contribution in [0.15, 0.2) is 58.3 Å². The van der Waals surface area contributed by atoms with E-state index in [9.17, 15) is 9.35 Å². The van der Waals surface area contributed by atoms with Crippen molar-refractivity contribution in [3.8, 4) is 0 Å². The van der Waals surface area contributed by atoms with Gasteiger partial charge in [0.1, 0.15) is 0 Å². The van der Waals surface area contributed by atoms with Crippen LogP contribution in [0.5, 0.6) is 0 Å². The Morgan fingerprint density at radius 2 is 1.81 bits per heavy atom. The van der Waals surface area contributed by atoms with Gasteiger partial charge in [0.15, 0.2) is 4.90 Å². The molecule has 0 aliphatic carbocycles. The van der Waals surface area contributed by atoms with Crippen LogP contribution in [0.4, 0.5) is 0 Å². The van der Waals surface area contributed by atoms with E-state index in [2.05, 4.69) is 0 Å². The predicted octanol–water partition coefficient (Wildman–Crippen LogP) is 2.15. The van der Waals surface area contributed by atoms with Crippen molar-refractivity contribution in [2.75, 3.05) is 0 Å². The summed E-state index contributed by atoms with van der Waals surface area (Å²) < 4.78 is 12.4. The third-order valence-corrected chi connectivity index (χ3v) is 4.87. The number of carbonyl (C=O) groups excluding carboxylic acids is 1. The third kappa shape index (κ3) is 2.56. The number of allylic oxidation sites excluding steroid dienone is 1. The SMILES string of the molecule is N/C(=C1\C(=O)c2cc(Cl)ccc2[S+]1[O-])c1ccccc1.O. The molecule has 1 unspecified atom stereocenters. The number of nitrogens with two attached hydrogens (primary N) is 1. The van der Waals surface area contributed by atoms with Crippen LogP contribution >= 0.6 is 11.6 Å². The van der Waals surface area contributed by atoms with Gasteiger partial charge < -0.3 is 15.8 Å². The van der Waals surface area contributed by atoms with E-state index in [1.54, 1.807) is 24.3 Å². The van der Waals surface area contributed by atoms with Crippen LogP contribution in [-0.2, 0) is 11.2 Å². The van der Waals surface area contributed by atoms with Gasteiger partial charge in [-0.2, -0.15) is 0 Å². The van der Waals surface area contributed by atoms with Crippen LogP contribution in [0.2, 0.25) is 5.02 Å². The molecule has 6 heteroatoms. The average molecular weight is 322 g/mol. The molecule has 0 amide bonds. The second kappa shape index (κ2) is 5.91. The third-order valence-electron chi connectivity index (χ3n) is 3.11. The number of fused-ring (bicyclic) bond motifs is 1. The molecule has 4 nitrogen and oxygen atoms in total. The van der Waals surface area contributed by atoms with Gasteiger partial charge >= 0.3 is 0 Å². The van der Waals surface area contributed by atoms with Gasteiger partial charge in [0.2, 0.25) is 10.7 Å². The Morgan fingerprint density at radius 1 is 1.14 bits per heavy atom. The van der Waals surface area contributed by atoms with Crippen molar-refractivity contribution >= 4 is 34.3 Å². The van der Waals surface area contributed by atoms with Crippen molar-refractivity contribution in [2.24, 2.45) is 5.73 Å². The van der Waals surface area contributed by atoms with Crippen LogP contribution in [-0.4, -0.2) is 15.8 Å². The second-order valence-electron chi connectivity index (χ2n) is 4.35. The van der Waals surface area contributed by atoms with Gasteiger partial charge in [-0.05, 0) is 18.2 Å². The zero-order valence-electron chi connectivity index (χ0n) is 10.8. The van der Waals surface area contributed by atoms with E-state index >= 15 is 0 Å². The lowest BCUT2D eigenvalue weighted by molar-refractivity contribution is 0.104. The average Bonchev–Trinajstić information content (AvgIpc) is 2.71. The smallest absolute Gasteiger partial charge is 0.248 e. The first-order valence-corrected chi connectivity index (χ1v) is 7.43. The van der Waals surface area contributed by atoms with E-state index in [0.717, 1.165) is 0 Å². The van der Waals surface area contributed by atoms with E-state index in [0.29, 0.717) is 21.0 Å². The van der Waals surface area contributed by atoms with E-state index < -0.39 is 11.2 Å². The van der Waals surface area contributed by atoms with Crippen molar-refractivity contribution in [3.05, 3.63) is 69.6 Å². The lowest BCUT2D eigenvalue weighted by Crippen LogP contribution is -2.11. The second-order valence-corrected chi connectivity index (χ2v) is 6.17. The highest BCUT2D eigenvalue weighted by molar-refractivity contribution is 7.97. The van der Waals surface area contributed by atoms with Crippen molar-refractivity contribution in [2.45, 2.75) is 4.90 Å². The fourth-order valence-corrected chi connectivity index (χ4v) is 3.66. The zero-order valence-corrected chi connectivity index (χ0v) is 12.4. The van der Waals surface area contributed by atoms with Gasteiger partial charge in [0.05, 0.1) is 11.3 Å². The van der Waals surface area contributed by atoms with E-state index in [-0.39, 0.29) is 21.9 Å². The Hall–Kier alpha value is -1.79. The number of hydrogen-bond donors (Lipinski definition) is 1. The highest BCUT2D eigenvalue weighted by Gasteiger charge is 2.41. The molecular weight excluding hydrogens is 310 g/mol. The molecule has 3 rings (SSSR count). The van der Waals surface area contributed by atoms with Crippen LogP contribution in [0, 0.1) is 0 Å². The van der Waals surface area contributed by atoms with Gasteiger partial charge in [0, 0.05) is 21.8 Å². The molecule has 4 N–H and O–H groups in total. The maximum absolute atomic E-state index is 12.4. The molecule has 21 heavy (non-hydrogen) atoms. The van der Waals surface area contributed by atoms with Crippen LogP contribution in [0.3, 0.4) is 0 Å². The van der Waals surface area contributed by atoms with Crippen molar-refractivity contribution in [1.29, 1.82) is 0 Å². The number of hydrogen-bond acceptors (Lipinski definition) is 3. The lowest BCUT2D eigenvalue weighted by Gasteiger charge is -2.07. The molecule has 0 fully saturated rings. The largest absolute Gasteiger partial charge is 0.606 e. The molecule has 0 saturated carbocycles. The monoisotopic (exact) mass is 321 g/mol. The highest BCUT2D eigenvalue weighted by atomic mass is 35.5. The summed E-state index contributed by atoms with van der Waals surface area (Å²) in [5.74, 6) is -0.317. The first-order chi connectivity index (χ1) is 9.59. The molecule has 1 atom stereocenters. The van der Waals surface area contributed by atoms with Crippen LogP contribution in [0.1, 0.15) is 15.9 Å². The fourth-order valence-electron chi connectivity index (χ4n) is 2.13. The molecule has 0 aromatic heterocycles. The molecule has 1 aliphatic rings. The molecule has 2 aromatic carbocycles. The van der Waals surface area contributed by atoms with Crippen LogP contribution in [0.25, 0.3) is 5.70 Å². The lowest BCUT2D eigenvalue weighted by atomic mass is 10.1. The summed E-state index contributed by atoms with van der Waals surface area (Å²) in [5, 5.41) is 0.439. The maximum Gasteiger partial charge on any atom is 0.248 e. The molecule has 1 aliphatic heterocycles. The number of ketones is 1. The maximum atomic E-state index is 12.4. The summed E-state index contributed by atoms with van der Waals surface area (Å²) in [5.41, 5.74) is 7.33. The summed E-state index contributed by atoms with van der Waals surface area (Å²) in [6.45, 7) is 0. The summed E-state index contributed by atoms with van der Waals surface area (Å²) >= 11 is 4.32. The zero-order chi connectivity index (χ0) is 14.3. The molecular formula is C15H12ClNO3S. The molecule has 0 spiro atoms. The van der Waals surface area contributed by atoms with Gasteiger partial charge in [-0.25, -0.2) is 0 Å². The molecule has 2 aromatic rings. The van der Waals surface area contributed by atoms with Crippen molar-refractivity contribution in [1.82, 2.24) is 0 Å². The van der Waals surface area contributed by atoms with Gasteiger partial charge in [-0.15, -0.1) is 0 Å². The molecule has 108 valence electrons. The number of rotatable bonds is 1. The van der Waals surface area contributed by atoms with E-state index in [4.69, 9.17) is 17.3 Å². The molecule has 0 bridgehead atoms. The Morgan fingerprint density at radius 3 is 2.48 bits per heavy atom. The van der Waals surface area contributed by atoms with Crippen molar-refractivity contribution < 1.29 is 14.8 Å². The quantitative estimate of drug-likeness (QED) is 0.643. The first kappa shape index (κ1) is 15.6. The van der Waals surface area contributed by atoms with Crippen LogP contribution < -0.4 is 5.73 Å². The Labute approximate surface area is 129 Å². The van der Waals surface area contributed by atoms with E-state index in [1.807, 2.05) is 18.2 Å². The molecule has 0 radical (unpaired) electrons. The first-order valence-electron chi connectivity index (χ1n) is 5.91. The Kier molecular flexibility index (Phi) is 4.39. The summed E-state index contributed by atoms with van der Waals surface area (Å²) in [7, 11) is 0. The number of benzene rings is 2. The van der Waals surface area contributed by atoms with E-state index in [1.165, 1.54) is 6.07 Å². The normalized spacial score (nSPS) is 19.0. The minimum Gasteiger partial charge on any atom is -0.606 e. The molecule has 0 saturated heterocycles. The minimum atomic E-state index is -1.56. The summed E-state index contributed by atoms with van der Waals surface area (Å²) in [4.78, 5) is 13.0. The number of carbonyl (C=O) groups is 1. The fraction of sp³-hybridized carbons (Fsp3) is 0. The predicted molar refractivity (Wildman–Crippen MR) is 83.4 cm³/mol. The summed E-state index contributed by atoms with van der Waals surface area (Å²) in [6.07, 6.45) is 0. The Balaban J connectivity index is 0.00000161. The number of Topliss-reactive ketones (excluding diaryl/α,β-unsaturated/α-hetero) is 1.